The fourth-order valence-corrected chi connectivity index (χ4v) is 3.86. The topological polar surface area (TPSA) is 32.3 Å². The van der Waals surface area contributed by atoms with E-state index in [1.54, 1.807) is 17.4 Å². The fourth-order valence-electron chi connectivity index (χ4n) is 2.74. The van der Waals surface area contributed by atoms with E-state index >= 15 is 0 Å². The minimum atomic E-state index is -0.521. The van der Waals surface area contributed by atoms with Crippen LogP contribution in [0.2, 0.25) is 5.02 Å². The number of carbonyl (C=O) groups excluding carboxylic acids is 1. The highest BCUT2D eigenvalue weighted by molar-refractivity contribution is 7.10. The van der Waals surface area contributed by atoms with Crippen LogP contribution in [0.25, 0.3) is 0 Å². The summed E-state index contributed by atoms with van der Waals surface area (Å²) >= 11 is 7.47. The number of rotatable bonds is 3. The summed E-state index contributed by atoms with van der Waals surface area (Å²) in [5.74, 6) is -0.737. The number of hydrogen-bond acceptors (Lipinski definition) is 3. The van der Waals surface area contributed by atoms with E-state index < -0.39 is 5.82 Å². The van der Waals surface area contributed by atoms with Gasteiger partial charge in [0, 0.05) is 22.5 Å². The average Bonchev–Trinajstić information content (AvgIpc) is 2.94. The number of anilines is 1. The lowest BCUT2D eigenvalue weighted by Gasteiger charge is -2.32. The lowest BCUT2D eigenvalue weighted by Crippen LogP contribution is -2.39. The van der Waals surface area contributed by atoms with E-state index in [0.29, 0.717) is 5.02 Å². The SMILES string of the molecule is C[C@@H]1c2ccsc2CCN1CC(=O)Nc1ccc(Cl)cc1F. The van der Waals surface area contributed by atoms with E-state index in [1.165, 1.54) is 22.6 Å². The van der Waals surface area contributed by atoms with Gasteiger partial charge in [-0.25, -0.2) is 4.39 Å². The molecule has 1 atom stereocenters. The molecule has 0 spiro atoms. The van der Waals surface area contributed by atoms with Gasteiger partial charge in [-0.15, -0.1) is 11.3 Å². The molecule has 1 N–H and O–H groups in total. The largest absolute Gasteiger partial charge is 0.322 e. The standard InChI is InChI=1S/C16H16ClFN2OS/c1-10-12-5-7-22-15(12)4-6-20(10)9-16(21)19-14-3-2-11(17)8-13(14)18/h2-3,5,7-8,10H,4,6,9H2,1H3,(H,19,21)/t10-/m1/s1. The lowest BCUT2D eigenvalue weighted by atomic mass is 10.0. The van der Waals surface area contributed by atoms with Crippen LogP contribution < -0.4 is 5.32 Å². The first-order valence-corrected chi connectivity index (χ1v) is 8.35. The molecular formula is C16H16ClFN2OS. The van der Waals surface area contributed by atoms with E-state index in [1.807, 2.05) is 0 Å². The highest BCUT2D eigenvalue weighted by Gasteiger charge is 2.26. The van der Waals surface area contributed by atoms with Gasteiger partial charge in [0.15, 0.2) is 0 Å². The van der Waals surface area contributed by atoms with Gasteiger partial charge in [-0.3, -0.25) is 9.69 Å². The predicted octanol–water partition coefficient (Wildman–Crippen LogP) is 4.10. The highest BCUT2D eigenvalue weighted by atomic mass is 35.5. The molecule has 1 aromatic heterocycles. The second-order valence-electron chi connectivity index (χ2n) is 5.37. The Morgan fingerprint density at radius 2 is 2.32 bits per heavy atom. The highest BCUT2D eigenvalue weighted by Crippen LogP contribution is 2.32. The quantitative estimate of drug-likeness (QED) is 0.913. The van der Waals surface area contributed by atoms with Gasteiger partial charge in [0.05, 0.1) is 12.2 Å². The Hall–Kier alpha value is -1.43. The second-order valence-corrected chi connectivity index (χ2v) is 6.81. The van der Waals surface area contributed by atoms with E-state index in [9.17, 15) is 9.18 Å². The molecule has 6 heteroatoms. The smallest absolute Gasteiger partial charge is 0.238 e. The monoisotopic (exact) mass is 338 g/mol. The molecule has 1 aliphatic rings. The summed E-state index contributed by atoms with van der Waals surface area (Å²) in [5.41, 5.74) is 1.46. The maximum Gasteiger partial charge on any atom is 0.238 e. The van der Waals surface area contributed by atoms with Crippen LogP contribution in [0.1, 0.15) is 23.4 Å². The van der Waals surface area contributed by atoms with Crippen LogP contribution in [0.4, 0.5) is 10.1 Å². The van der Waals surface area contributed by atoms with Gasteiger partial charge in [-0.05, 0) is 48.6 Å². The Balaban J connectivity index is 1.65. The van der Waals surface area contributed by atoms with Crippen molar-refractivity contribution in [2.45, 2.75) is 19.4 Å². The van der Waals surface area contributed by atoms with Gasteiger partial charge in [-0.1, -0.05) is 11.6 Å². The number of nitrogens with one attached hydrogen (secondary N) is 1. The third kappa shape index (κ3) is 3.16. The van der Waals surface area contributed by atoms with Crippen LogP contribution in [0.3, 0.4) is 0 Å². The minimum Gasteiger partial charge on any atom is -0.322 e. The summed E-state index contributed by atoms with van der Waals surface area (Å²) in [7, 11) is 0. The summed E-state index contributed by atoms with van der Waals surface area (Å²) in [4.78, 5) is 15.7. The Morgan fingerprint density at radius 3 is 3.09 bits per heavy atom. The third-order valence-corrected chi connectivity index (χ3v) is 5.19. The van der Waals surface area contributed by atoms with E-state index in [4.69, 9.17) is 11.6 Å². The molecule has 0 fully saturated rings. The molecule has 0 unspecified atom stereocenters. The van der Waals surface area contributed by atoms with Crippen LogP contribution in [0, 0.1) is 5.82 Å². The Kier molecular flexibility index (Phi) is 4.47. The molecule has 0 saturated heterocycles. The van der Waals surface area contributed by atoms with Crippen molar-refractivity contribution in [2.24, 2.45) is 0 Å². The zero-order chi connectivity index (χ0) is 15.7. The zero-order valence-corrected chi connectivity index (χ0v) is 13.7. The normalized spacial score (nSPS) is 18.0. The summed E-state index contributed by atoms with van der Waals surface area (Å²) in [6.45, 7) is 3.19. The molecule has 3 nitrogen and oxygen atoms in total. The van der Waals surface area contributed by atoms with Crippen LogP contribution in [0.15, 0.2) is 29.6 Å². The number of thiophene rings is 1. The van der Waals surface area contributed by atoms with Crippen LogP contribution in [-0.2, 0) is 11.2 Å². The van der Waals surface area contributed by atoms with Gasteiger partial charge in [0.2, 0.25) is 5.91 Å². The molecule has 2 heterocycles. The van der Waals surface area contributed by atoms with Crippen molar-refractivity contribution in [2.75, 3.05) is 18.4 Å². The number of hydrogen-bond donors (Lipinski definition) is 1. The van der Waals surface area contributed by atoms with Crippen molar-refractivity contribution in [3.05, 3.63) is 50.9 Å². The molecule has 1 aromatic carbocycles. The molecule has 1 amide bonds. The molecule has 22 heavy (non-hydrogen) atoms. The molecule has 0 saturated carbocycles. The van der Waals surface area contributed by atoms with Gasteiger partial charge in [0.25, 0.3) is 0 Å². The van der Waals surface area contributed by atoms with E-state index in [2.05, 4.69) is 28.6 Å². The number of halogens is 2. The summed E-state index contributed by atoms with van der Waals surface area (Å²) in [6, 6.07) is 6.55. The summed E-state index contributed by atoms with van der Waals surface area (Å²) < 4.78 is 13.7. The number of benzene rings is 1. The number of nitrogens with zero attached hydrogens (tertiary/aromatic N) is 1. The van der Waals surface area contributed by atoms with Crippen LogP contribution in [-0.4, -0.2) is 23.9 Å². The van der Waals surface area contributed by atoms with Gasteiger partial charge in [0.1, 0.15) is 5.82 Å². The van der Waals surface area contributed by atoms with Crippen molar-refractivity contribution in [3.63, 3.8) is 0 Å². The molecule has 0 aliphatic carbocycles. The Labute approximate surface area is 137 Å². The van der Waals surface area contributed by atoms with Crippen LogP contribution in [0.5, 0.6) is 0 Å². The first-order valence-electron chi connectivity index (χ1n) is 7.10. The maximum atomic E-state index is 13.7. The van der Waals surface area contributed by atoms with Crippen LogP contribution >= 0.6 is 22.9 Å². The molecule has 0 radical (unpaired) electrons. The minimum absolute atomic E-state index is 0.162. The molecule has 116 valence electrons. The van der Waals surface area contributed by atoms with Crippen molar-refractivity contribution >= 4 is 34.5 Å². The first-order chi connectivity index (χ1) is 10.5. The number of fused-ring (bicyclic) bond motifs is 1. The van der Waals surface area contributed by atoms with Gasteiger partial charge >= 0.3 is 0 Å². The second kappa shape index (κ2) is 6.36. The molecular weight excluding hydrogens is 323 g/mol. The molecule has 1 aliphatic heterocycles. The van der Waals surface area contributed by atoms with Crippen molar-refractivity contribution in [1.29, 1.82) is 0 Å². The average molecular weight is 339 g/mol. The number of carbonyl (C=O) groups is 1. The Morgan fingerprint density at radius 1 is 1.50 bits per heavy atom. The molecule has 0 bridgehead atoms. The predicted molar refractivity (Wildman–Crippen MR) is 88.1 cm³/mol. The molecule has 2 aromatic rings. The maximum absolute atomic E-state index is 13.7. The first kappa shape index (κ1) is 15.5. The lowest BCUT2D eigenvalue weighted by molar-refractivity contribution is -0.117. The molecule has 3 rings (SSSR count). The summed E-state index contributed by atoms with van der Waals surface area (Å²) in [6.07, 6.45) is 0.958. The van der Waals surface area contributed by atoms with Gasteiger partial charge in [-0.2, -0.15) is 0 Å². The summed E-state index contributed by atoms with van der Waals surface area (Å²) in [5, 5.41) is 5.01. The fraction of sp³-hybridized carbons (Fsp3) is 0.312. The number of amides is 1. The zero-order valence-electron chi connectivity index (χ0n) is 12.1. The van der Waals surface area contributed by atoms with Crippen molar-refractivity contribution in [3.8, 4) is 0 Å². The van der Waals surface area contributed by atoms with E-state index in [0.717, 1.165) is 13.0 Å². The third-order valence-electron chi connectivity index (χ3n) is 3.96. The Bertz CT molecular complexity index is 703. The van der Waals surface area contributed by atoms with Gasteiger partial charge < -0.3 is 5.32 Å². The van der Waals surface area contributed by atoms with Crippen molar-refractivity contribution < 1.29 is 9.18 Å². The van der Waals surface area contributed by atoms with Crippen molar-refractivity contribution in [1.82, 2.24) is 4.90 Å². The van der Waals surface area contributed by atoms with E-state index in [-0.39, 0.29) is 24.2 Å².